The zero-order valence-corrected chi connectivity index (χ0v) is 8.92. The van der Waals surface area contributed by atoms with E-state index in [4.69, 9.17) is 4.42 Å². The van der Waals surface area contributed by atoms with E-state index in [1.807, 2.05) is 0 Å². The van der Waals surface area contributed by atoms with Crippen molar-refractivity contribution in [3.05, 3.63) is 29.2 Å². The number of nitrogens with zero attached hydrogens (tertiary/aromatic N) is 1. The number of rotatable bonds is 2. The summed E-state index contributed by atoms with van der Waals surface area (Å²) >= 11 is 0. The third-order valence-electron chi connectivity index (χ3n) is 2.51. The van der Waals surface area contributed by atoms with Crippen LogP contribution < -0.4 is 0 Å². The van der Waals surface area contributed by atoms with Crippen molar-refractivity contribution in [3.63, 3.8) is 0 Å². The molecule has 2 heteroatoms. The van der Waals surface area contributed by atoms with Crippen molar-refractivity contribution in [3.8, 4) is 0 Å². The topological polar surface area (TPSA) is 26.0 Å². The molecule has 0 N–H and O–H groups in total. The second-order valence-electron chi connectivity index (χ2n) is 3.76. The van der Waals surface area contributed by atoms with E-state index in [9.17, 15) is 0 Å². The Hall–Kier alpha value is -1.31. The third kappa shape index (κ3) is 1.52. The molecule has 0 aliphatic carbocycles. The first-order valence-electron chi connectivity index (χ1n) is 5.07. The minimum Gasteiger partial charge on any atom is -0.441 e. The van der Waals surface area contributed by atoms with Crippen molar-refractivity contribution < 1.29 is 4.42 Å². The fraction of sp³-hybridized carbons (Fsp3) is 0.417. The summed E-state index contributed by atoms with van der Waals surface area (Å²) in [6.45, 7) is 6.32. The molecule has 0 atom stereocenters. The number of hydrogen-bond donors (Lipinski definition) is 0. The molecule has 0 aliphatic rings. The summed E-state index contributed by atoms with van der Waals surface area (Å²) in [5, 5.41) is 0. The van der Waals surface area contributed by atoms with E-state index in [1.165, 1.54) is 11.1 Å². The third-order valence-corrected chi connectivity index (χ3v) is 2.51. The van der Waals surface area contributed by atoms with Crippen molar-refractivity contribution in [1.29, 1.82) is 0 Å². The van der Waals surface area contributed by atoms with E-state index >= 15 is 0 Å². The molecular weight excluding hydrogens is 174 g/mol. The average Bonchev–Trinajstić information content (AvgIpc) is 2.48. The maximum Gasteiger partial charge on any atom is 0.195 e. The second kappa shape index (κ2) is 3.45. The molecule has 2 rings (SSSR count). The molecule has 0 saturated carbocycles. The summed E-state index contributed by atoms with van der Waals surface area (Å²) in [5.74, 6) is 0.854. The van der Waals surface area contributed by atoms with Crippen LogP contribution in [0.15, 0.2) is 16.5 Å². The zero-order valence-electron chi connectivity index (χ0n) is 8.92. The molecule has 14 heavy (non-hydrogen) atoms. The highest BCUT2D eigenvalue weighted by Crippen LogP contribution is 2.20. The predicted molar refractivity (Wildman–Crippen MR) is 57.5 cm³/mol. The fourth-order valence-electron chi connectivity index (χ4n) is 1.55. The molecule has 0 spiro atoms. The number of oxazole rings is 1. The van der Waals surface area contributed by atoms with Crippen LogP contribution in [0.3, 0.4) is 0 Å². The Balaban J connectivity index is 2.54. The Morgan fingerprint density at radius 3 is 2.64 bits per heavy atom. The maximum absolute atomic E-state index is 5.63. The van der Waals surface area contributed by atoms with Gasteiger partial charge in [0.25, 0.3) is 0 Å². The van der Waals surface area contributed by atoms with Gasteiger partial charge in [-0.3, -0.25) is 0 Å². The summed E-state index contributed by atoms with van der Waals surface area (Å²) in [6.07, 6.45) is 2.00. The molecule has 0 amide bonds. The molecule has 74 valence electrons. The smallest absolute Gasteiger partial charge is 0.195 e. The van der Waals surface area contributed by atoms with Crippen LogP contribution in [-0.2, 0) is 6.42 Å². The Kier molecular flexibility index (Phi) is 2.28. The fourth-order valence-corrected chi connectivity index (χ4v) is 1.55. The van der Waals surface area contributed by atoms with E-state index in [0.717, 1.165) is 29.8 Å². The first kappa shape index (κ1) is 9.25. The molecule has 1 aromatic carbocycles. The summed E-state index contributed by atoms with van der Waals surface area (Å²) in [5.41, 5.74) is 4.43. The van der Waals surface area contributed by atoms with Crippen LogP contribution in [0, 0.1) is 13.8 Å². The maximum atomic E-state index is 5.63. The van der Waals surface area contributed by atoms with Gasteiger partial charge >= 0.3 is 0 Å². The van der Waals surface area contributed by atoms with Crippen LogP contribution in [0.1, 0.15) is 30.4 Å². The highest BCUT2D eigenvalue weighted by Gasteiger charge is 2.06. The van der Waals surface area contributed by atoms with Crippen LogP contribution in [0.2, 0.25) is 0 Å². The number of benzene rings is 1. The number of fused-ring (bicyclic) bond motifs is 1. The zero-order chi connectivity index (χ0) is 10.1. The number of aromatic nitrogens is 1. The Morgan fingerprint density at radius 1 is 1.21 bits per heavy atom. The van der Waals surface area contributed by atoms with Gasteiger partial charge in [0, 0.05) is 6.42 Å². The molecule has 0 unspecified atom stereocenters. The predicted octanol–water partition coefficient (Wildman–Crippen LogP) is 3.40. The van der Waals surface area contributed by atoms with Crippen LogP contribution in [0.25, 0.3) is 11.1 Å². The Bertz CT molecular complexity index is 418. The number of hydrogen-bond acceptors (Lipinski definition) is 2. The second-order valence-corrected chi connectivity index (χ2v) is 3.76. The van der Waals surface area contributed by atoms with Gasteiger partial charge in [0.15, 0.2) is 11.5 Å². The summed E-state index contributed by atoms with van der Waals surface area (Å²) in [6, 6.07) is 4.16. The van der Waals surface area contributed by atoms with Crippen molar-refractivity contribution >= 4 is 11.1 Å². The van der Waals surface area contributed by atoms with E-state index < -0.39 is 0 Å². The van der Waals surface area contributed by atoms with Crippen LogP contribution in [-0.4, -0.2) is 4.98 Å². The average molecular weight is 189 g/mol. The van der Waals surface area contributed by atoms with Gasteiger partial charge in [0.1, 0.15) is 5.52 Å². The van der Waals surface area contributed by atoms with Crippen LogP contribution in [0.4, 0.5) is 0 Å². The highest BCUT2D eigenvalue weighted by molar-refractivity contribution is 5.74. The molecule has 2 nitrogen and oxygen atoms in total. The molecule has 1 heterocycles. The lowest BCUT2D eigenvalue weighted by Gasteiger charge is -1.96. The monoisotopic (exact) mass is 189 g/mol. The standard InChI is InChI=1S/C12H15NO/c1-4-5-12-13-10-6-8(2)9(3)7-11(10)14-12/h6-7H,4-5H2,1-3H3. The van der Waals surface area contributed by atoms with E-state index in [2.05, 4.69) is 37.9 Å². The normalized spacial score (nSPS) is 11.1. The van der Waals surface area contributed by atoms with Gasteiger partial charge in [-0.05, 0) is 43.5 Å². The van der Waals surface area contributed by atoms with E-state index in [1.54, 1.807) is 0 Å². The largest absolute Gasteiger partial charge is 0.441 e. The lowest BCUT2D eigenvalue weighted by atomic mass is 10.1. The molecule has 0 radical (unpaired) electrons. The first-order chi connectivity index (χ1) is 6.70. The Labute approximate surface area is 84.0 Å². The van der Waals surface area contributed by atoms with Crippen molar-refractivity contribution in [2.75, 3.05) is 0 Å². The van der Waals surface area contributed by atoms with Gasteiger partial charge in [-0.2, -0.15) is 0 Å². The van der Waals surface area contributed by atoms with Gasteiger partial charge in [0.2, 0.25) is 0 Å². The lowest BCUT2D eigenvalue weighted by molar-refractivity contribution is 0.525. The molecule has 0 saturated heterocycles. The first-order valence-corrected chi connectivity index (χ1v) is 5.07. The SMILES string of the molecule is CCCc1nc2cc(C)c(C)cc2o1. The lowest BCUT2D eigenvalue weighted by Crippen LogP contribution is -1.81. The van der Waals surface area contributed by atoms with E-state index in [-0.39, 0.29) is 0 Å². The van der Waals surface area contributed by atoms with E-state index in [0.29, 0.717) is 0 Å². The minimum absolute atomic E-state index is 0.854. The molecule has 1 aromatic heterocycles. The van der Waals surface area contributed by atoms with Crippen LogP contribution >= 0.6 is 0 Å². The van der Waals surface area contributed by atoms with Crippen molar-refractivity contribution in [1.82, 2.24) is 4.98 Å². The number of aryl methyl sites for hydroxylation is 3. The van der Waals surface area contributed by atoms with Gasteiger partial charge in [-0.25, -0.2) is 4.98 Å². The van der Waals surface area contributed by atoms with Crippen molar-refractivity contribution in [2.45, 2.75) is 33.6 Å². The van der Waals surface area contributed by atoms with Crippen molar-refractivity contribution in [2.24, 2.45) is 0 Å². The van der Waals surface area contributed by atoms with Gasteiger partial charge in [-0.1, -0.05) is 6.92 Å². The molecule has 0 fully saturated rings. The highest BCUT2D eigenvalue weighted by atomic mass is 16.3. The summed E-state index contributed by atoms with van der Waals surface area (Å²) < 4.78 is 5.63. The quantitative estimate of drug-likeness (QED) is 0.723. The van der Waals surface area contributed by atoms with Gasteiger partial charge in [-0.15, -0.1) is 0 Å². The van der Waals surface area contributed by atoms with Gasteiger partial charge < -0.3 is 4.42 Å². The summed E-state index contributed by atoms with van der Waals surface area (Å²) in [7, 11) is 0. The molecule has 0 bridgehead atoms. The molecule has 0 aliphatic heterocycles. The molecule has 2 aromatic rings. The minimum atomic E-state index is 0.854. The summed E-state index contributed by atoms with van der Waals surface area (Å²) in [4.78, 5) is 4.44. The molecular formula is C12H15NO. The van der Waals surface area contributed by atoms with Crippen LogP contribution in [0.5, 0.6) is 0 Å². The Morgan fingerprint density at radius 2 is 1.93 bits per heavy atom. The van der Waals surface area contributed by atoms with Gasteiger partial charge in [0.05, 0.1) is 0 Å².